The monoisotopic (exact) mass is 291 g/mol. The van der Waals surface area contributed by atoms with Crippen molar-refractivity contribution in [3.63, 3.8) is 0 Å². The van der Waals surface area contributed by atoms with E-state index in [2.05, 4.69) is 14.9 Å². The topological polar surface area (TPSA) is 95.2 Å². The van der Waals surface area contributed by atoms with E-state index in [9.17, 15) is 9.59 Å². The Bertz CT molecular complexity index is 637. The summed E-state index contributed by atoms with van der Waals surface area (Å²) in [6.07, 6.45) is 0. The largest absolute Gasteiger partial charge is 0.465 e. The molecule has 20 heavy (non-hydrogen) atoms. The Balaban J connectivity index is 2.24. The van der Waals surface area contributed by atoms with Gasteiger partial charge in [0.1, 0.15) is 16.1 Å². The molecule has 1 aromatic carbocycles. The molecule has 0 amide bonds. The number of methoxy groups -OCH3 is 1. The Labute approximate surface area is 119 Å². The molecule has 0 fully saturated rings. The Morgan fingerprint density at radius 3 is 2.45 bits per heavy atom. The molecule has 1 unspecified atom stereocenters. The van der Waals surface area contributed by atoms with Crippen molar-refractivity contribution in [3.8, 4) is 10.6 Å². The second-order valence-corrected chi connectivity index (χ2v) is 5.11. The van der Waals surface area contributed by atoms with Gasteiger partial charge in [0, 0.05) is 5.56 Å². The zero-order chi connectivity index (χ0) is 14.7. The fraction of sp³-hybridized carbons (Fsp3) is 0.231. The van der Waals surface area contributed by atoms with E-state index < -0.39 is 12.0 Å². The molecule has 1 aromatic heterocycles. The average Bonchev–Trinajstić information content (AvgIpc) is 2.95. The normalized spacial score (nSPS) is 11.9. The molecule has 0 spiro atoms. The summed E-state index contributed by atoms with van der Waals surface area (Å²) in [6, 6.07) is 6.04. The van der Waals surface area contributed by atoms with Gasteiger partial charge in [-0.1, -0.05) is 23.5 Å². The summed E-state index contributed by atoms with van der Waals surface area (Å²) in [5.41, 5.74) is 6.97. The number of benzene rings is 1. The van der Waals surface area contributed by atoms with Gasteiger partial charge in [-0.15, -0.1) is 10.2 Å². The Kier molecular flexibility index (Phi) is 4.21. The van der Waals surface area contributed by atoms with Crippen LogP contribution in [0.1, 0.15) is 28.3 Å². The number of ether oxygens (including phenoxy) is 1. The number of nitrogens with zero attached hydrogens (tertiary/aromatic N) is 2. The lowest BCUT2D eigenvalue weighted by molar-refractivity contribution is -0.118. The van der Waals surface area contributed by atoms with Crippen LogP contribution < -0.4 is 5.73 Å². The molecule has 1 heterocycles. The van der Waals surface area contributed by atoms with Crippen molar-refractivity contribution in [2.45, 2.75) is 13.0 Å². The van der Waals surface area contributed by atoms with Crippen molar-refractivity contribution in [2.75, 3.05) is 7.11 Å². The summed E-state index contributed by atoms with van der Waals surface area (Å²) in [7, 11) is 1.33. The molecule has 0 saturated heterocycles. The molecule has 0 bridgehead atoms. The van der Waals surface area contributed by atoms with Crippen LogP contribution in [0.15, 0.2) is 24.3 Å². The number of ketones is 1. The molecule has 0 radical (unpaired) electrons. The van der Waals surface area contributed by atoms with E-state index in [-0.39, 0.29) is 5.78 Å². The van der Waals surface area contributed by atoms with Crippen LogP contribution in [0.2, 0.25) is 0 Å². The number of carbonyl (C=O) groups is 2. The number of hydrogen-bond acceptors (Lipinski definition) is 7. The number of nitrogens with two attached hydrogens (primary N) is 1. The van der Waals surface area contributed by atoms with Crippen LogP contribution in [0.4, 0.5) is 0 Å². The Morgan fingerprint density at radius 1 is 1.25 bits per heavy atom. The van der Waals surface area contributed by atoms with Crippen molar-refractivity contribution >= 4 is 23.1 Å². The molecule has 0 aliphatic heterocycles. The number of esters is 1. The van der Waals surface area contributed by atoms with Crippen LogP contribution in [-0.2, 0) is 9.53 Å². The first kappa shape index (κ1) is 14.3. The van der Waals surface area contributed by atoms with Crippen LogP contribution in [0.25, 0.3) is 10.6 Å². The highest BCUT2D eigenvalue weighted by atomic mass is 32.1. The van der Waals surface area contributed by atoms with Gasteiger partial charge in [-0.3, -0.25) is 4.79 Å². The van der Waals surface area contributed by atoms with E-state index in [0.29, 0.717) is 15.6 Å². The van der Waals surface area contributed by atoms with Gasteiger partial charge in [0.05, 0.1) is 12.7 Å². The lowest BCUT2D eigenvalue weighted by Crippen LogP contribution is -2.18. The number of aromatic nitrogens is 2. The molecule has 0 aliphatic rings. The van der Waals surface area contributed by atoms with Crippen LogP contribution in [-0.4, -0.2) is 29.1 Å². The van der Waals surface area contributed by atoms with Gasteiger partial charge in [-0.25, -0.2) is 4.79 Å². The molecule has 0 aliphatic carbocycles. The molecule has 2 rings (SSSR count). The quantitative estimate of drug-likeness (QED) is 0.859. The third kappa shape index (κ3) is 2.89. The van der Waals surface area contributed by atoms with Crippen molar-refractivity contribution in [2.24, 2.45) is 5.73 Å². The third-order valence-corrected chi connectivity index (χ3v) is 3.75. The van der Waals surface area contributed by atoms with Crippen LogP contribution in [0.3, 0.4) is 0 Å². The van der Waals surface area contributed by atoms with Gasteiger partial charge in [0.2, 0.25) is 0 Å². The summed E-state index contributed by atoms with van der Waals surface area (Å²) in [4.78, 5) is 22.5. The second kappa shape index (κ2) is 5.89. The molecular weight excluding hydrogens is 278 g/mol. The van der Waals surface area contributed by atoms with E-state index in [1.165, 1.54) is 25.4 Å². The van der Waals surface area contributed by atoms with Gasteiger partial charge >= 0.3 is 5.97 Å². The van der Waals surface area contributed by atoms with E-state index >= 15 is 0 Å². The number of rotatable bonds is 4. The first-order valence-electron chi connectivity index (χ1n) is 5.81. The lowest BCUT2D eigenvalue weighted by atomic mass is 10.1. The van der Waals surface area contributed by atoms with Crippen LogP contribution in [0.5, 0.6) is 0 Å². The maximum Gasteiger partial charge on any atom is 0.337 e. The zero-order valence-corrected chi connectivity index (χ0v) is 11.8. The highest BCUT2D eigenvalue weighted by molar-refractivity contribution is 7.14. The lowest BCUT2D eigenvalue weighted by Gasteiger charge is -2.01. The summed E-state index contributed by atoms with van der Waals surface area (Å²) < 4.78 is 4.63. The fourth-order valence-electron chi connectivity index (χ4n) is 1.52. The predicted octanol–water partition coefficient (Wildman–Crippen LogP) is 1.58. The number of Topliss-reactive ketones (excluding diaryl/α,β-unsaturated/α-hetero) is 1. The summed E-state index contributed by atoms with van der Waals surface area (Å²) in [5, 5.41) is 9.05. The van der Waals surface area contributed by atoms with Crippen molar-refractivity contribution < 1.29 is 14.3 Å². The van der Waals surface area contributed by atoms with Gasteiger partial charge in [-0.2, -0.15) is 0 Å². The number of hydrogen-bond donors (Lipinski definition) is 1. The number of carbonyl (C=O) groups excluding carboxylic acids is 2. The summed E-state index contributed by atoms with van der Waals surface area (Å²) in [5.74, 6) is -0.554. The zero-order valence-electron chi connectivity index (χ0n) is 11.0. The average molecular weight is 291 g/mol. The molecule has 104 valence electrons. The molecule has 2 N–H and O–H groups in total. The molecule has 1 atom stereocenters. The first-order valence-corrected chi connectivity index (χ1v) is 6.62. The highest BCUT2D eigenvalue weighted by Gasteiger charge is 2.17. The fourth-order valence-corrected chi connectivity index (χ4v) is 2.43. The second-order valence-electron chi connectivity index (χ2n) is 4.10. The molecule has 6 nitrogen and oxygen atoms in total. The molecule has 0 saturated carbocycles. The van der Waals surface area contributed by atoms with Crippen LogP contribution in [0, 0.1) is 0 Å². The standard InChI is InChI=1S/C13H13N3O3S/c1-7(17)10(14)12-16-15-11(20-12)8-3-5-9(6-4-8)13(18)19-2/h3-6,10H,14H2,1-2H3. The van der Waals surface area contributed by atoms with E-state index in [1.807, 2.05) is 0 Å². The van der Waals surface area contributed by atoms with E-state index in [4.69, 9.17) is 5.73 Å². The highest BCUT2D eigenvalue weighted by Crippen LogP contribution is 2.26. The minimum atomic E-state index is -0.740. The van der Waals surface area contributed by atoms with E-state index in [0.717, 1.165) is 5.56 Å². The van der Waals surface area contributed by atoms with Crippen molar-refractivity contribution in [3.05, 3.63) is 34.8 Å². The van der Waals surface area contributed by atoms with Gasteiger partial charge in [0.15, 0.2) is 5.78 Å². The maximum absolute atomic E-state index is 11.3. The van der Waals surface area contributed by atoms with Crippen molar-refractivity contribution in [1.82, 2.24) is 10.2 Å². The van der Waals surface area contributed by atoms with Crippen LogP contribution >= 0.6 is 11.3 Å². The van der Waals surface area contributed by atoms with E-state index in [1.54, 1.807) is 24.3 Å². The smallest absolute Gasteiger partial charge is 0.337 e. The Hall–Kier alpha value is -2.12. The van der Waals surface area contributed by atoms with Crippen molar-refractivity contribution in [1.29, 1.82) is 0 Å². The van der Waals surface area contributed by atoms with Gasteiger partial charge in [0.25, 0.3) is 0 Å². The predicted molar refractivity (Wildman–Crippen MR) is 74.3 cm³/mol. The maximum atomic E-state index is 11.3. The third-order valence-electron chi connectivity index (χ3n) is 2.70. The summed E-state index contributed by atoms with van der Waals surface area (Å²) >= 11 is 1.26. The SMILES string of the molecule is COC(=O)c1ccc(-c2nnc(C(N)C(C)=O)s2)cc1. The molecular formula is C13H13N3O3S. The first-order chi connectivity index (χ1) is 9.52. The van der Waals surface area contributed by atoms with Gasteiger partial charge in [-0.05, 0) is 19.1 Å². The molecule has 7 heteroatoms. The Morgan fingerprint density at radius 2 is 1.90 bits per heavy atom. The minimum absolute atomic E-state index is 0.159. The molecule has 2 aromatic rings. The summed E-state index contributed by atoms with van der Waals surface area (Å²) in [6.45, 7) is 1.41. The van der Waals surface area contributed by atoms with Gasteiger partial charge < -0.3 is 10.5 Å². The minimum Gasteiger partial charge on any atom is -0.465 e.